The molecule has 3 atom stereocenters. The zero-order valence-electron chi connectivity index (χ0n) is 19.8. The molecular formula is C27H39N3O. The van der Waals surface area contributed by atoms with E-state index >= 15 is 0 Å². The highest BCUT2D eigenvalue weighted by Crippen LogP contribution is 2.30. The maximum Gasteiger partial charge on any atom is 0.251 e. The summed E-state index contributed by atoms with van der Waals surface area (Å²) in [4.78, 5) is 15.2. The van der Waals surface area contributed by atoms with E-state index in [-0.39, 0.29) is 5.91 Å². The van der Waals surface area contributed by atoms with E-state index < -0.39 is 0 Å². The van der Waals surface area contributed by atoms with Gasteiger partial charge in [0.15, 0.2) is 0 Å². The van der Waals surface area contributed by atoms with Crippen LogP contribution in [0, 0.1) is 12.8 Å². The smallest absolute Gasteiger partial charge is 0.251 e. The summed E-state index contributed by atoms with van der Waals surface area (Å²) in [5.74, 6) is 0.807. The standard InChI is InChI=1S/C27H39N3O/c1-19-9-14-26-24(17-19)18-22(4)30(26)25-12-10-23(11-13-25)27(31)28-15-6-16-29-20(2)7-5-8-21(29)3/h10-13,18-21H,5-9,14-17H2,1-4H3,(H,28,31)/t19-,20-,21+/m0/s1. The van der Waals surface area contributed by atoms with E-state index in [9.17, 15) is 4.79 Å². The van der Waals surface area contributed by atoms with E-state index in [1.165, 1.54) is 49.1 Å². The van der Waals surface area contributed by atoms with Crippen molar-refractivity contribution >= 4 is 5.91 Å². The molecule has 0 bridgehead atoms. The number of piperidine rings is 1. The number of benzene rings is 1. The van der Waals surface area contributed by atoms with Gasteiger partial charge in [0.05, 0.1) is 0 Å². The number of nitrogens with one attached hydrogen (secondary N) is 1. The van der Waals surface area contributed by atoms with Gasteiger partial charge in [-0.15, -0.1) is 0 Å². The van der Waals surface area contributed by atoms with Crippen LogP contribution in [0.4, 0.5) is 0 Å². The van der Waals surface area contributed by atoms with Gasteiger partial charge in [0.1, 0.15) is 0 Å². The van der Waals surface area contributed by atoms with Crippen LogP contribution in [0.15, 0.2) is 30.3 Å². The van der Waals surface area contributed by atoms with Gasteiger partial charge >= 0.3 is 0 Å². The first-order valence-electron chi connectivity index (χ1n) is 12.3. The highest BCUT2D eigenvalue weighted by Gasteiger charge is 2.24. The maximum atomic E-state index is 12.6. The molecule has 1 amide bonds. The van der Waals surface area contributed by atoms with Gasteiger partial charge in [-0.3, -0.25) is 9.69 Å². The van der Waals surface area contributed by atoms with Crippen molar-refractivity contribution in [2.45, 2.75) is 84.7 Å². The molecule has 2 aromatic rings. The van der Waals surface area contributed by atoms with E-state index in [2.05, 4.69) is 60.7 Å². The zero-order chi connectivity index (χ0) is 22.0. The Kier molecular flexibility index (Phi) is 6.86. The van der Waals surface area contributed by atoms with Gasteiger partial charge in [-0.05, 0) is 101 Å². The number of hydrogen-bond acceptors (Lipinski definition) is 2. The lowest BCUT2D eigenvalue weighted by Crippen LogP contribution is -2.44. The highest BCUT2D eigenvalue weighted by atomic mass is 16.1. The number of hydrogen-bond donors (Lipinski definition) is 1. The van der Waals surface area contributed by atoms with E-state index in [0.717, 1.165) is 43.1 Å². The molecular weight excluding hydrogens is 382 g/mol. The number of likely N-dealkylation sites (tertiary alicyclic amines) is 1. The molecule has 1 saturated heterocycles. The second-order valence-electron chi connectivity index (χ2n) is 9.96. The summed E-state index contributed by atoms with van der Waals surface area (Å²) in [6.45, 7) is 11.0. The minimum Gasteiger partial charge on any atom is -0.352 e. The van der Waals surface area contributed by atoms with Crippen LogP contribution in [0.3, 0.4) is 0 Å². The van der Waals surface area contributed by atoms with Gasteiger partial charge in [-0.1, -0.05) is 13.3 Å². The van der Waals surface area contributed by atoms with Crippen LogP contribution >= 0.6 is 0 Å². The van der Waals surface area contributed by atoms with E-state index in [0.29, 0.717) is 12.1 Å². The minimum absolute atomic E-state index is 0.0337. The van der Waals surface area contributed by atoms with Crippen molar-refractivity contribution in [2.75, 3.05) is 13.1 Å². The van der Waals surface area contributed by atoms with Crippen LogP contribution in [0.5, 0.6) is 0 Å². The lowest BCUT2D eigenvalue weighted by atomic mass is 9.89. The molecule has 0 spiro atoms. The number of amides is 1. The van der Waals surface area contributed by atoms with Crippen molar-refractivity contribution < 1.29 is 4.79 Å². The molecule has 0 saturated carbocycles. The van der Waals surface area contributed by atoms with Crippen LogP contribution in [0.25, 0.3) is 5.69 Å². The van der Waals surface area contributed by atoms with Crippen molar-refractivity contribution in [3.8, 4) is 5.69 Å². The maximum absolute atomic E-state index is 12.6. The van der Waals surface area contributed by atoms with Crippen molar-refractivity contribution in [1.82, 2.24) is 14.8 Å². The molecule has 1 aliphatic heterocycles. The molecule has 4 heteroatoms. The summed E-state index contributed by atoms with van der Waals surface area (Å²) in [5, 5.41) is 3.12. The highest BCUT2D eigenvalue weighted by molar-refractivity contribution is 5.94. The second-order valence-corrected chi connectivity index (χ2v) is 9.96. The number of carbonyl (C=O) groups excluding carboxylic acids is 1. The van der Waals surface area contributed by atoms with Crippen molar-refractivity contribution in [1.29, 1.82) is 0 Å². The summed E-state index contributed by atoms with van der Waals surface area (Å²) in [5.41, 5.74) is 6.15. The molecule has 0 radical (unpaired) electrons. The number of aryl methyl sites for hydroxylation is 1. The molecule has 1 N–H and O–H groups in total. The predicted molar refractivity (Wildman–Crippen MR) is 128 cm³/mol. The fourth-order valence-electron chi connectivity index (χ4n) is 5.67. The van der Waals surface area contributed by atoms with Gasteiger partial charge in [0.2, 0.25) is 0 Å². The quantitative estimate of drug-likeness (QED) is 0.643. The first-order valence-corrected chi connectivity index (χ1v) is 12.3. The summed E-state index contributed by atoms with van der Waals surface area (Å²) < 4.78 is 2.38. The molecule has 31 heavy (non-hydrogen) atoms. The summed E-state index contributed by atoms with van der Waals surface area (Å²) in [6.07, 6.45) is 8.52. The molecule has 4 rings (SSSR count). The topological polar surface area (TPSA) is 37.3 Å². The first-order chi connectivity index (χ1) is 14.9. The lowest BCUT2D eigenvalue weighted by molar-refractivity contribution is 0.0925. The molecule has 168 valence electrons. The zero-order valence-corrected chi connectivity index (χ0v) is 19.8. The van der Waals surface area contributed by atoms with Crippen LogP contribution < -0.4 is 5.32 Å². The SMILES string of the molecule is Cc1cc2c(n1-c1ccc(C(=O)NCCCN3[C@H](C)CCC[C@@H]3C)cc1)CC[C@H](C)C2. The Balaban J connectivity index is 1.33. The third-order valence-corrected chi connectivity index (χ3v) is 7.46. The Morgan fingerprint density at radius 2 is 1.77 bits per heavy atom. The third-order valence-electron chi connectivity index (χ3n) is 7.46. The molecule has 1 aliphatic carbocycles. The Labute approximate surface area is 188 Å². The molecule has 0 unspecified atom stereocenters. The van der Waals surface area contributed by atoms with Gasteiger partial charge in [0, 0.05) is 47.8 Å². The Bertz CT molecular complexity index is 888. The third kappa shape index (κ3) is 4.90. The van der Waals surface area contributed by atoms with Crippen LogP contribution in [-0.2, 0) is 12.8 Å². The predicted octanol–water partition coefficient (Wildman–Crippen LogP) is 5.29. The largest absolute Gasteiger partial charge is 0.352 e. The number of aromatic nitrogens is 1. The molecule has 2 heterocycles. The normalized spacial score (nSPS) is 24.1. The van der Waals surface area contributed by atoms with Crippen LogP contribution in [0.2, 0.25) is 0 Å². The molecule has 4 nitrogen and oxygen atoms in total. The van der Waals surface area contributed by atoms with Crippen LogP contribution in [0.1, 0.15) is 80.2 Å². The minimum atomic E-state index is 0.0337. The Morgan fingerprint density at radius 3 is 2.48 bits per heavy atom. The number of rotatable bonds is 6. The van der Waals surface area contributed by atoms with Gasteiger partial charge < -0.3 is 9.88 Å². The molecule has 1 aromatic heterocycles. The summed E-state index contributed by atoms with van der Waals surface area (Å²) >= 11 is 0. The van der Waals surface area contributed by atoms with Crippen LogP contribution in [-0.4, -0.2) is 40.5 Å². The van der Waals surface area contributed by atoms with Crippen molar-refractivity contribution in [2.24, 2.45) is 5.92 Å². The monoisotopic (exact) mass is 421 g/mol. The Morgan fingerprint density at radius 1 is 1.06 bits per heavy atom. The molecule has 2 aliphatic rings. The van der Waals surface area contributed by atoms with E-state index in [1.807, 2.05) is 12.1 Å². The fourth-order valence-corrected chi connectivity index (χ4v) is 5.67. The van der Waals surface area contributed by atoms with Gasteiger partial charge in [-0.2, -0.15) is 0 Å². The van der Waals surface area contributed by atoms with Gasteiger partial charge in [0.25, 0.3) is 5.91 Å². The van der Waals surface area contributed by atoms with Crippen molar-refractivity contribution in [3.05, 3.63) is 52.8 Å². The molecule has 1 aromatic carbocycles. The lowest BCUT2D eigenvalue weighted by Gasteiger charge is -2.39. The van der Waals surface area contributed by atoms with E-state index in [1.54, 1.807) is 0 Å². The summed E-state index contributed by atoms with van der Waals surface area (Å²) in [6, 6.07) is 11.8. The average Bonchev–Trinajstić information content (AvgIpc) is 3.07. The second kappa shape index (κ2) is 9.60. The summed E-state index contributed by atoms with van der Waals surface area (Å²) in [7, 11) is 0. The van der Waals surface area contributed by atoms with Crippen molar-refractivity contribution in [3.63, 3.8) is 0 Å². The number of carbonyl (C=O) groups is 1. The first kappa shape index (κ1) is 22.1. The fraction of sp³-hybridized carbons (Fsp3) is 0.593. The molecule has 1 fully saturated rings. The average molecular weight is 422 g/mol. The van der Waals surface area contributed by atoms with E-state index in [4.69, 9.17) is 0 Å². The van der Waals surface area contributed by atoms with Gasteiger partial charge in [-0.25, -0.2) is 0 Å². The Hall–Kier alpha value is -2.07. The number of fused-ring (bicyclic) bond motifs is 1. The number of nitrogens with zero attached hydrogens (tertiary/aromatic N) is 2.